The van der Waals surface area contributed by atoms with E-state index in [-0.39, 0.29) is 17.4 Å². The minimum atomic E-state index is -0.564. The average molecular weight is 1290 g/mol. The molecule has 0 N–H and O–H groups in total. The zero-order chi connectivity index (χ0) is 58.2. The Morgan fingerprint density at radius 3 is 1.54 bits per heavy atom. The number of nitrogens with zero attached hydrogens (tertiary/aromatic N) is 3. The predicted molar refractivity (Wildman–Crippen MR) is 368 cm³/mol. The Balaban J connectivity index is 1.03. The summed E-state index contributed by atoms with van der Waals surface area (Å²) in [6.07, 6.45) is 17.9. The molecule has 6 aromatic rings. The molecule has 2 amide bonds. The van der Waals surface area contributed by atoms with Gasteiger partial charge in [-0.1, -0.05) is 140 Å². The van der Waals surface area contributed by atoms with E-state index in [9.17, 15) is 9.59 Å². The Hall–Kier alpha value is -3.30. The highest BCUT2D eigenvalue weighted by Gasteiger charge is 2.43. The maximum atomic E-state index is 13.5. The van der Waals surface area contributed by atoms with Crippen LogP contribution in [0.25, 0.3) is 60.9 Å². The summed E-state index contributed by atoms with van der Waals surface area (Å²) in [6.45, 7) is 27.9. The summed E-state index contributed by atoms with van der Waals surface area (Å²) in [5.41, 5.74) is 3.03. The van der Waals surface area contributed by atoms with Crippen molar-refractivity contribution < 1.29 is 23.8 Å². The highest BCUT2D eigenvalue weighted by atomic mass is 32.2. The Bertz CT molecular complexity index is 3410. The number of likely N-dealkylation sites (N-methyl/N-ethyl adjacent to an activating group) is 2. The first kappa shape index (κ1) is 61.8. The Morgan fingerprint density at radius 1 is 0.549 bits per heavy atom. The molecule has 4 aliphatic heterocycles. The predicted octanol–water partition coefficient (Wildman–Crippen LogP) is 21.3. The molecule has 0 spiro atoms. The minimum Gasteiger partial charge on any atom is -0.492 e. The van der Waals surface area contributed by atoms with E-state index < -0.39 is 5.60 Å². The summed E-state index contributed by atoms with van der Waals surface area (Å²) in [4.78, 5) is 48.3. The Kier molecular flexibility index (Phi) is 19.9. The van der Waals surface area contributed by atoms with Gasteiger partial charge in [0.25, 0.3) is 11.8 Å². The molecule has 0 bridgehead atoms. The summed E-state index contributed by atoms with van der Waals surface area (Å²) in [7, 11) is 0. The topological polar surface area (TPSA) is 71.6 Å². The van der Waals surface area contributed by atoms with Crippen molar-refractivity contribution >= 4 is 154 Å². The summed E-state index contributed by atoms with van der Waals surface area (Å²) in [5.74, 6) is 3.52. The number of hydrogen-bond donors (Lipinski definition) is 0. The molecule has 2 atom stereocenters. The van der Waals surface area contributed by atoms with Gasteiger partial charge in [0, 0.05) is 50.8 Å². The molecule has 10 heterocycles. The number of hydrogen-bond acceptors (Lipinski definition) is 16. The van der Waals surface area contributed by atoms with Crippen molar-refractivity contribution in [1.29, 1.82) is 0 Å². The molecule has 82 heavy (non-hydrogen) atoms. The van der Waals surface area contributed by atoms with Crippen molar-refractivity contribution in [3.05, 3.63) is 67.1 Å². The lowest BCUT2D eigenvalue weighted by Crippen LogP contribution is -2.44. The van der Waals surface area contributed by atoms with Gasteiger partial charge in [-0.25, -0.2) is 0 Å². The lowest BCUT2D eigenvalue weighted by Gasteiger charge is -2.44. The van der Waals surface area contributed by atoms with Crippen LogP contribution in [0.1, 0.15) is 174 Å². The van der Waals surface area contributed by atoms with Crippen LogP contribution in [-0.4, -0.2) is 63.1 Å². The van der Waals surface area contributed by atoms with Crippen LogP contribution in [0.5, 0.6) is 17.2 Å². The molecule has 2 saturated heterocycles. The number of ether oxygens (including phenoxy) is 3. The lowest BCUT2D eigenvalue weighted by atomic mass is 9.87. The van der Waals surface area contributed by atoms with Gasteiger partial charge in [-0.15, -0.1) is 68.0 Å². The first-order chi connectivity index (χ1) is 39.4. The third-order valence-electron chi connectivity index (χ3n) is 16.2. The normalized spacial score (nSPS) is 18.0. The molecule has 10 rings (SSSR count). The van der Waals surface area contributed by atoms with E-state index in [1.807, 2.05) is 60.0 Å². The van der Waals surface area contributed by atoms with Gasteiger partial charge in [-0.05, 0) is 121 Å². The van der Waals surface area contributed by atoms with E-state index in [0.29, 0.717) is 56.6 Å². The van der Waals surface area contributed by atoms with Gasteiger partial charge < -0.3 is 19.1 Å². The molecular formula is C64H77N3O5S10. The molecule has 0 radical (unpaired) electrons. The second-order valence-electron chi connectivity index (χ2n) is 22.7. The van der Waals surface area contributed by atoms with Crippen molar-refractivity contribution in [1.82, 2.24) is 9.80 Å². The number of thioether (sulfide) groups is 2. The fourth-order valence-electron chi connectivity index (χ4n) is 11.2. The molecule has 0 aliphatic carbocycles. The molecule has 2 unspecified atom stereocenters. The third kappa shape index (κ3) is 12.5. The highest BCUT2D eigenvalue weighted by Crippen LogP contribution is 2.61. The summed E-state index contributed by atoms with van der Waals surface area (Å²) >= 11 is 24.8. The van der Waals surface area contributed by atoms with Crippen molar-refractivity contribution in [3.63, 3.8) is 0 Å². The third-order valence-corrected chi connectivity index (χ3v) is 26.5. The molecule has 438 valence electrons. The smallest absolute Gasteiger partial charge is 0.266 e. The van der Waals surface area contributed by atoms with Crippen LogP contribution in [0.4, 0.5) is 5.69 Å². The average Bonchev–Trinajstić information content (AvgIpc) is 4.35. The minimum absolute atomic E-state index is 0.0233. The fourth-order valence-corrected chi connectivity index (χ4v) is 21.7. The number of anilines is 1. The first-order valence-electron chi connectivity index (χ1n) is 29.5. The van der Waals surface area contributed by atoms with E-state index in [1.165, 1.54) is 108 Å². The quantitative estimate of drug-likeness (QED) is 0.0298. The maximum absolute atomic E-state index is 13.5. The Labute approximate surface area is 530 Å². The van der Waals surface area contributed by atoms with Crippen LogP contribution in [0, 0.1) is 11.8 Å². The van der Waals surface area contributed by atoms with Gasteiger partial charge >= 0.3 is 0 Å². The molecule has 18 heteroatoms. The van der Waals surface area contributed by atoms with Crippen molar-refractivity contribution in [2.45, 2.75) is 164 Å². The number of unbranched alkanes of at least 4 members (excludes halogenated alkanes) is 5. The zero-order valence-corrected chi connectivity index (χ0v) is 57.4. The van der Waals surface area contributed by atoms with Gasteiger partial charge in [0.15, 0.2) is 0 Å². The molecule has 2 fully saturated rings. The van der Waals surface area contributed by atoms with Crippen LogP contribution < -0.4 is 19.1 Å². The molecular weight excluding hydrogens is 1210 g/mol. The lowest BCUT2D eigenvalue weighted by molar-refractivity contribution is -0.122. The SMILES string of the molecule is CCCCCCN1c2cc(-c3sc(/C=C4\SC(=S)N(CC)C4=O)cc3OCC(CC)CCCC)sc2-c2sc(-c3cc4c(s3)-c3sc(-c5sc(/C=C6\SC(=S)N(CC)C6=O)cc5OCC(CC)CCCC)cc3OC4(C)C)cc2C1(C)C. The Morgan fingerprint density at radius 2 is 1.04 bits per heavy atom. The number of amides is 2. The van der Waals surface area contributed by atoms with Crippen LogP contribution in [0.15, 0.2) is 46.2 Å². The van der Waals surface area contributed by atoms with Gasteiger partial charge in [0.05, 0.1) is 73.3 Å². The standard InChI is InChI=1S/C64H77N3O5S10/c1-12-19-22-23-26-67-43-33-49(56-44(70-35-37(15-4)24-20-13-2)27-39(75-56)29-51-59(68)65(17-6)61(73)81-51)79-55(43)53-41(63(67,8)9)31-47(77-53)48-32-42-54(78-48)58-46(72-64(42,10)11)34-50(80-58)57-45(71-36-38(16-5)25-21-14-3)28-40(76-57)30-52-60(69)66(18-7)62(74)82-52/h27-34,37-38H,12-26,35-36H2,1-11H3/b51-29-,52-30-. The molecule has 6 aromatic heterocycles. The van der Waals surface area contributed by atoms with Crippen LogP contribution >= 0.6 is 116 Å². The van der Waals surface area contributed by atoms with Gasteiger partial charge in [0.1, 0.15) is 31.5 Å². The van der Waals surface area contributed by atoms with Gasteiger partial charge in [0.2, 0.25) is 0 Å². The summed E-state index contributed by atoms with van der Waals surface area (Å²) < 4.78 is 21.9. The second-order valence-corrected chi connectivity index (χ2v) is 32.4. The zero-order valence-electron chi connectivity index (χ0n) is 49.3. The number of fused-ring (bicyclic) bond motifs is 6. The number of thiophene rings is 6. The number of thiocarbonyl (C=S) groups is 2. The van der Waals surface area contributed by atoms with Crippen molar-refractivity contribution in [2.24, 2.45) is 11.8 Å². The van der Waals surface area contributed by atoms with Crippen molar-refractivity contribution in [3.8, 4) is 66.0 Å². The van der Waals surface area contributed by atoms with Crippen LogP contribution in [0.2, 0.25) is 0 Å². The summed E-state index contributed by atoms with van der Waals surface area (Å²) in [5, 5.41) is 0. The monoisotopic (exact) mass is 1290 g/mol. The molecule has 8 nitrogen and oxygen atoms in total. The molecule has 0 aromatic carbocycles. The van der Waals surface area contributed by atoms with E-state index in [4.69, 9.17) is 38.6 Å². The van der Waals surface area contributed by atoms with Crippen LogP contribution in [-0.2, 0) is 20.7 Å². The number of carbonyl (C=O) groups excluding carboxylic acids is 2. The number of carbonyl (C=O) groups is 2. The van der Waals surface area contributed by atoms with E-state index in [2.05, 4.69) is 104 Å². The summed E-state index contributed by atoms with van der Waals surface area (Å²) in [6, 6.07) is 13.8. The largest absolute Gasteiger partial charge is 0.492 e. The maximum Gasteiger partial charge on any atom is 0.266 e. The van der Waals surface area contributed by atoms with E-state index in [1.54, 1.807) is 43.8 Å². The second kappa shape index (κ2) is 26.4. The molecule has 0 saturated carbocycles. The van der Waals surface area contributed by atoms with E-state index >= 15 is 0 Å². The fraction of sp³-hybridized carbons (Fsp3) is 0.500. The molecule has 4 aliphatic rings. The first-order valence-corrected chi connectivity index (χ1v) is 36.9. The van der Waals surface area contributed by atoms with Gasteiger partial charge in [-0.3, -0.25) is 19.4 Å². The van der Waals surface area contributed by atoms with Crippen LogP contribution in [0.3, 0.4) is 0 Å². The van der Waals surface area contributed by atoms with E-state index in [0.717, 1.165) is 91.6 Å². The van der Waals surface area contributed by atoms with Crippen molar-refractivity contribution in [2.75, 3.05) is 37.7 Å². The highest BCUT2D eigenvalue weighted by molar-refractivity contribution is 8.27. The van der Waals surface area contributed by atoms with Gasteiger partial charge in [-0.2, -0.15) is 0 Å². The number of rotatable bonds is 26.